The highest BCUT2D eigenvalue weighted by molar-refractivity contribution is 7.80. The number of carbonyl (C=O) groups is 1. The molecule has 1 atom stereocenters. The van der Waals surface area contributed by atoms with Gasteiger partial charge in [-0.1, -0.05) is 26.2 Å². The molecule has 27 heavy (non-hydrogen) atoms. The van der Waals surface area contributed by atoms with Crippen LogP contribution in [-0.2, 0) is 9.53 Å². The lowest BCUT2D eigenvalue weighted by molar-refractivity contribution is -0.139. The highest BCUT2D eigenvalue weighted by Crippen LogP contribution is 2.35. The van der Waals surface area contributed by atoms with Crippen LogP contribution in [0.5, 0.6) is 11.5 Å². The molecule has 1 heterocycles. The molecule has 0 unspecified atom stereocenters. The largest absolute Gasteiger partial charge is 0.497 e. The van der Waals surface area contributed by atoms with Crippen LogP contribution in [0.25, 0.3) is 0 Å². The van der Waals surface area contributed by atoms with E-state index in [1.54, 1.807) is 14.2 Å². The van der Waals surface area contributed by atoms with Crippen LogP contribution < -0.4 is 20.1 Å². The van der Waals surface area contributed by atoms with Crippen molar-refractivity contribution in [2.45, 2.75) is 45.6 Å². The lowest BCUT2D eigenvalue weighted by Gasteiger charge is -2.30. The number of allylic oxidation sites excluding steroid dienone is 1. The van der Waals surface area contributed by atoms with Crippen molar-refractivity contribution in [2.75, 3.05) is 20.8 Å². The van der Waals surface area contributed by atoms with Gasteiger partial charge in [0.25, 0.3) is 0 Å². The minimum atomic E-state index is -0.480. The summed E-state index contributed by atoms with van der Waals surface area (Å²) in [6.07, 6.45) is 4.19. The quantitative estimate of drug-likeness (QED) is 0.378. The number of nitrogens with one attached hydrogen (secondary N) is 2. The predicted octanol–water partition coefficient (Wildman–Crippen LogP) is 3.62. The van der Waals surface area contributed by atoms with Crippen LogP contribution in [0.1, 0.15) is 51.1 Å². The van der Waals surface area contributed by atoms with Crippen LogP contribution >= 0.6 is 12.2 Å². The third kappa shape index (κ3) is 5.35. The average Bonchev–Trinajstić information content (AvgIpc) is 2.66. The molecule has 6 nitrogen and oxygen atoms in total. The number of unbranched alkanes of at least 4 members (excludes halogenated alkanes) is 3. The van der Waals surface area contributed by atoms with E-state index in [0.29, 0.717) is 34.5 Å². The Bertz CT molecular complexity index is 718. The van der Waals surface area contributed by atoms with Gasteiger partial charge in [0.1, 0.15) is 11.5 Å². The zero-order valence-corrected chi connectivity index (χ0v) is 17.2. The molecule has 2 N–H and O–H groups in total. The summed E-state index contributed by atoms with van der Waals surface area (Å²) in [7, 11) is 3.19. The number of benzene rings is 1. The summed E-state index contributed by atoms with van der Waals surface area (Å²) < 4.78 is 16.3. The van der Waals surface area contributed by atoms with E-state index in [9.17, 15) is 4.79 Å². The topological polar surface area (TPSA) is 68.8 Å². The first kappa shape index (κ1) is 21.0. The van der Waals surface area contributed by atoms with Crippen molar-refractivity contribution in [1.82, 2.24) is 10.6 Å². The van der Waals surface area contributed by atoms with Gasteiger partial charge in [0.15, 0.2) is 5.11 Å². The zero-order valence-electron chi connectivity index (χ0n) is 16.4. The van der Waals surface area contributed by atoms with E-state index < -0.39 is 6.04 Å². The molecule has 1 aromatic rings. The molecule has 0 fully saturated rings. The van der Waals surface area contributed by atoms with E-state index in [-0.39, 0.29) is 5.97 Å². The molecule has 0 radical (unpaired) electrons. The highest BCUT2D eigenvalue weighted by atomic mass is 32.1. The first-order chi connectivity index (χ1) is 13.0. The van der Waals surface area contributed by atoms with Gasteiger partial charge in [0, 0.05) is 11.3 Å². The van der Waals surface area contributed by atoms with Crippen molar-refractivity contribution in [2.24, 2.45) is 0 Å². The predicted molar refractivity (Wildman–Crippen MR) is 109 cm³/mol. The number of ether oxygens (including phenoxy) is 3. The van der Waals surface area contributed by atoms with Crippen LogP contribution in [0, 0.1) is 0 Å². The Labute approximate surface area is 166 Å². The van der Waals surface area contributed by atoms with Crippen molar-refractivity contribution >= 4 is 23.3 Å². The molecule has 2 rings (SSSR count). The summed E-state index contributed by atoms with van der Waals surface area (Å²) in [4.78, 5) is 12.8. The fraction of sp³-hybridized carbons (Fsp3) is 0.500. The summed E-state index contributed by atoms with van der Waals surface area (Å²) in [5.41, 5.74) is 1.93. The maximum Gasteiger partial charge on any atom is 0.338 e. The lowest BCUT2D eigenvalue weighted by atomic mass is 9.94. The summed E-state index contributed by atoms with van der Waals surface area (Å²) in [6, 6.07) is 4.98. The summed E-state index contributed by atoms with van der Waals surface area (Å²) in [5.74, 6) is 0.947. The molecule has 0 aromatic heterocycles. The van der Waals surface area contributed by atoms with E-state index in [2.05, 4.69) is 17.6 Å². The van der Waals surface area contributed by atoms with Crippen LogP contribution in [0.3, 0.4) is 0 Å². The Morgan fingerprint density at radius 3 is 2.63 bits per heavy atom. The second-order valence-corrected chi connectivity index (χ2v) is 6.78. The van der Waals surface area contributed by atoms with Gasteiger partial charge < -0.3 is 24.8 Å². The monoisotopic (exact) mass is 392 g/mol. The van der Waals surface area contributed by atoms with Crippen molar-refractivity contribution in [1.29, 1.82) is 0 Å². The van der Waals surface area contributed by atoms with E-state index >= 15 is 0 Å². The molecular formula is C20H28N2O4S. The van der Waals surface area contributed by atoms with Gasteiger partial charge in [-0.05, 0) is 43.8 Å². The molecule has 1 aliphatic heterocycles. The number of rotatable bonds is 9. The number of carbonyl (C=O) groups excluding carboxylic acids is 1. The average molecular weight is 393 g/mol. The van der Waals surface area contributed by atoms with Crippen LogP contribution in [0.15, 0.2) is 29.5 Å². The third-order valence-corrected chi connectivity index (χ3v) is 4.69. The maximum absolute atomic E-state index is 12.8. The van der Waals surface area contributed by atoms with Gasteiger partial charge in [-0.2, -0.15) is 0 Å². The molecular weight excluding hydrogens is 364 g/mol. The maximum atomic E-state index is 12.8. The second-order valence-electron chi connectivity index (χ2n) is 6.37. The highest BCUT2D eigenvalue weighted by Gasteiger charge is 2.33. The van der Waals surface area contributed by atoms with Crippen LogP contribution in [-0.4, -0.2) is 31.9 Å². The molecule has 0 saturated heterocycles. The third-order valence-electron chi connectivity index (χ3n) is 4.47. The van der Waals surface area contributed by atoms with E-state index in [0.717, 1.165) is 31.2 Å². The number of hydrogen-bond acceptors (Lipinski definition) is 5. The lowest BCUT2D eigenvalue weighted by Crippen LogP contribution is -2.45. The van der Waals surface area contributed by atoms with Crippen molar-refractivity contribution < 1.29 is 19.0 Å². The summed E-state index contributed by atoms with van der Waals surface area (Å²) >= 11 is 5.29. The smallest absolute Gasteiger partial charge is 0.338 e. The van der Waals surface area contributed by atoms with E-state index in [1.165, 1.54) is 0 Å². The van der Waals surface area contributed by atoms with Crippen molar-refractivity contribution in [3.63, 3.8) is 0 Å². The van der Waals surface area contributed by atoms with Gasteiger partial charge in [0.05, 0.1) is 32.4 Å². The first-order valence-electron chi connectivity index (χ1n) is 9.19. The van der Waals surface area contributed by atoms with Crippen LogP contribution in [0.4, 0.5) is 0 Å². The van der Waals surface area contributed by atoms with Crippen molar-refractivity contribution in [3.8, 4) is 11.5 Å². The number of hydrogen-bond donors (Lipinski definition) is 2. The zero-order chi connectivity index (χ0) is 19.8. The number of esters is 1. The van der Waals surface area contributed by atoms with Gasteiger partial charge in [-0.15, -0.1) is 0 Å². The molecule has 0 amide bonds. The van der Waals surface area contributed by atoms with Gasteiger partial charge >= 0.3 is 5.97 Å². The second kappa shape index (κ2) is 10.2. The standard InChI is InChI=1S/C20H28N2O4S/c1-5-6-7-8-11-26-19(23)17-13(2)21-20(27)22-18(17)15-12-14(24-3)9-10-16(15)25-4/h9-10,12,18H,5-8,11H2,1-4H3,(H2,21,22,27)/t18-/m1/s1. The van der Waals surface area contributed by atoms with E-state index in [4.69, 9.17) is 26.4 Å². The summed E-state index contributed by atoms with van der Waals surface area (Å²) in [6.45, 7) is 4.37. The molecule has 148 valence electrons. The molecule has 0 bridgehead atoms. The fourth-order valence-corrected chi connectivity index (χ4v) is 3.31. The first-order valence-corrected chi connectivity index (χ1v) is 9.60. The number of methoxy groups -OCH3 is 2. The van der Waals surface area contributed by atoms with Crippen LogP contribution in [0.2, 0.25) is 0 Å². The Morgan fingerprint density at radius 2 is 1.96 bits per heavy atom. The molecule has 1 aliphatic rings. The Hall–Kier alpha value is -2.28. The molecule has 0 saturated carbocycles. The SMILES string of the molecule is CCCCCCOC(=O)C1=C(C)NC(=S)N[C@@H]1c1cc(OC)ccc1OC. The van der Waals surface area contributed by atoms with Gasteiger partial charge in [0.2, 0.25) is 0 Å². The number of thiocarbonyl (C=S) groups is 1. The molecule has 0 aliphatic carbocycles. The van der Waals surface area contributed by atoms with Gasteiger partial charge in [-0.25, -0.2) is 4.79 Å². The van der Waals surface area contributed by atoms with Crippen molar-refractivity contribution in [3.05, 3.63) is 35.0 Å². The summed E-state index contributed by atoms with van der Waals surface area (Å²) in [5, 5.41) is 6.62. The normalized spacial score (nSPS) is 16.4. The Kier molecular flexibility index (Phi) is 7.91. The fourth-order valence-electron chi connectivity index (χ4n) is 3.03. The molecule has 0 spiro atoms. The van der Waals surface area contributed by atoms with Gasteiger partial charge in [-0.3, -0.25) is 0 Å². The minimum absolute atomic E-state index is 0.360. The minimum Gasteiger partial charge on any atom is -0.497 e. The molecule has 7 heteroatoms. The molecule has 1 aromatic carbocycles. The Balaban J connectivity index is 2.29. The van der Waals surface area contributed by atoms with E-state index in [1.807, 2.05) is 25.1 Å². The Morgan fingerprint density at radius 1 is 1.19 bits per heavy atom.